The van der Waals surface area contributed by atoms with Crippen molar-refractivity contribution in [3.8, 4) is 0 Å². The van der Waals surface area contributed by atoms with Crippen molar-refractivity contribution in [2.75, 3.05) is 11.5 Å². The summed E-state index contributed by atoms with van der Waals surface area (Å²) >= 11 is 0. The number of ketones is 1. The molecule has 2 rings (SSSR count). The number of benzene rings is 1. The molecule has 1 unspecified atom stereocenters. The minimum absolute atomic E-state index is 0.0106. The normalized spacial score (nSPS) is 22.5. The molecule has 1 atom stereocenters. The zero-order valence-electron chi connectivity index (χ0n) is 9.85. The van der Waals surface area contributed by atoms with E-state index in [0.29, 0.717) is 12.0 Å². The van der Waals surface area contributed by atoms with Crippen LogP contribution in [0.15, 0.2) is 24.3 Å². The molecule has 1 heterocycles. The highest BCUT2D eigenvalue weighted by Crippen LogP contribution is 2.24. The van der Waals surface area contributed by atoms with Crippen molar-refractivity contribution >= 4 is 15.6 Å². The van der Waals surface area contributed by atoms with Gasteiger partial charge in [-0.2, -0.15) is 0 Å². The van der Waals surface area contributed by atoms with Crippen molar-refractivity contribution in [2.24, 2.45) is 5.92 Å². The van der Waals surface area contributed by atoms with E-state index in [0.717, 1.165) is 12.0 Å². The average molecular weight is 252 g/mol. The standard InChI is InChI=1S/C13H16O3S/c1-2-10-5-3-4-6-12(10)13(14)11-7-8-17(15,16)9-11/h3-6,11H,2,7-9H2,1H3. The van der Waals surface area contributed by atoms with E-state index in [1.54, 1.807) is 6.07 Å². The van der Waals surface area contributed by atoms with Crippen molar-refractivity contribution in [3.63, 3.8) is 0 Å². The number of hydrogen-bond donors (Lipinski definition) is 0. The van der Waals surface area contributed by atoms with Crippen molar-refractivity contribution in [1.82, 2.24) is 0 Å². The molecule has 0 amide bonds. The molecule has 0 radical (unpaired) electrons. The lowest BCUT2D eigenvalue weighted by molar-refractivity contribution is 0.0932. The van der Waals surface area contributed by atoms with Crippen LogP contribution in [0.2, 0.25) is 0 Å². The quantitative estimate of drug-likeness (QED) is 0.772. The van der Waals surface area contributed by atoms with Gasteiger partial charge < -0.3 is 0 Å². The second kappa shape index (κ2) is 4.61. The summed E-state index contributed by atoms with van der Waals surface area (Å²) in [6, 6.07) is 7.46. The summed E-state index contributed by atoms with van der Waals surface area (Å²) in [4.78, 5) is 12.2. The molecule has 1 aliphatic rings. The van der Waals surface area contributed by atoms with Gasteiger partial charge in [0.15, 0.2) is 15.6 Å². The number of aryl methyl sites for hydroxylation is 1. The third-order valence-electron chi connectivity index (χ3n) is 3.27. The van der Waals surface area contributed by atoms with Crippen LogP contribution in [-0.4, -0.2) is 25.7 Å². The van der Waals surface area contributed by atoms with Crippen molar-refractivity contribution in [1.29, 1.82) is 0 Å². The maximum Gasteiger partial charge on any atom is 0.167 e. The molecule has 0 aromatic heterocycles. The second-order valence-corrected chi connectivity index (χ2v) is 6.70. The van der Waals surface area contributed by atoms with Crippen molar-refractivity contribution in [3.05, 3.63) is 35.4 Å². The predicted octanol–water partition coefficient (Wildman–Crippen LogP) is 1.87. The molecule has 17 heavy (non-hydrogen) atoms. The molecule has 0 spiro atoms. The monoisotopic (exact) mass is 252 g/mol. The third-order valence-corrected chi connectivity index (χ3v) is 5.03. The number of carbonyl (C=O) groups excluding carboxylic acids is 1. The van der Waals surface area contributed by atoms with E-state index in [4.69, 9.17) is 0 Å². The van der Waals surface area contributed by atoms with Gasteiger partial charge in [0.25, 0.3) is 0 Å². The molecule has 4 heteroatoms. The Morgan fingerprint density at radius 2 is 2.06 bits per heavy atom. The van der Waals surface area contributed by atoms with Crippen LogP contribution in [0.4, 0.5) is 0 Å². The SMILES string of the molecule is CCc1ccccc1C(=O)C1CCS(=O)(=O)C1. The topological polar surface area (TPSA) is 51.2 Å². The fraction of sp³-hybridized carbons (Fsp3) is 0.462. The van der Waals surface area contributed by atoms with Crippen LogP contribution in [0.5, 0.6) is 0 Å². The first kappa shape index (κ1) is 12.3. The number of Topliss-reactive ketones (excluding diaryl/α,β-unsaturated/α-hetero) is 1. The summed E-state index contributed by atoms with van der Waals surface area (Å²) in [5.41, 5.74) is 1.69. The molecule has 3 nitrogen and oxygen atoms in total. The van der Waals surface area contributed by atoms with Gasteiger partial charge in [-0.1, -0.05) is 31.2 Å². The van der Waals surface area contributed by atoms with Gasteiger partial charge in [-0.3, -0.25) is 4.79 Å². The van der Waals surface area contributed by atoms with E-state index >= 15 is 0 Å². The Morgan fingerprint density at radius 1 is 1.35 bits per heavy atom. The van der Waals surface area contributed by atoms with E-state index in [-0.39, 0.29) is 23.2 Å². The lowest BCUT2D eigenvalue weighted by Gasteiger charge is -2.10. The summed E-state index contributed by atoms with van der Waals surface area (Å²) < 4.78 is 22.8. The number of rotatable bonds is 3. The highest BCUT2D eigenvalue weighted by Gasteiger charge is 2.33. The molecule has 1 aromatic rings. The molecular weight excluding hydrogens is 236 g/mol. The minimum atomic E-state index is -2.99. The van der Waals surface area contributed by atoms with Crippen LogP contribution in [0, 0.1) is 5.92 Å². The molecule has 0 saturated carbocycles. The Bertz CT molecular complexity index is 531. The Balaban J connectivity index is 2.26. The molecule has 1 saturated heterocycles. The number of sulfone groups is 1. The highest BCUT2D eigenvalue weighted by molar-refractivity contribution is 7.91. The minimum Gasteiger partial charge on any atom is -0.294 e. The maximum atomic E-state index is 12.2. The summed E-state index contributed by atoms with van der Waals surface area (Å²) in [7, 11) is -2.99. The first-order valence-corrected chi connectivity index (χ1v) is 7.68. The zero-order valence-corrected chi connectivity index (χ0v) is 10.7. The molecule has 0 bridgehead atoms. The van der Waals surface area contributed by atoms with Crippen LogP contribution in [0.3, 0.4) is 0 Å². The zero-order chi connectivity index (χ0) is 12.5. The Hall–Kier alpha value is -1.16. The summed E-state index contributed by atoms with van der Waals surface area (Å²) in [6.07, 6.45) is 1.26. The number of carbonyl (C=O) groups is 1. The fourth-order valence-corrected chi connectivity index (χ4v) is 4.03. The first-order chi connectivity index (χ1) is 8.03. The van der Waals surface area contributed by atoms with E-state index in [1.807, 2.05) is 25.1 Å². The lowest BCUT2D eigenvalue weighted by atomic mass is 9.93. The van der Waals surface area contributed by atoms with Gasteiger partial charge in [-0.05, 0) is 18.4 Å². The molecular formula is C13H16O3S. The summed E-state index contributed by atoms with van der Waals surface area (Å²) in [6.45, 7) is 2.00. The fourth-order valence-electron chi connectivity index (χ4n) is 2.29. The maximum absolute atomic E-state index is 12.2. The average Bonchev–Trinajstić information content (AvgIpc) is 2.68. The molecule has 0 aliphatic carbocycles. The van der Waals surface area contributed by atoms with E-state index < -0.39 is 9.84 Å². The third kappa shape index (κ3) is 2.57. The molecule has 0 N–H and O–H groups in total. The molecule has 1 aliphatic heterocycles. The van der Waals surface area contributed by atoms with Crippen LogP contribution in [0.1, 0.15) is 29.3 Å². The largest absolute Gasteiger partial charge is 0.294 e. The van der Waals surface area contributed by atoms with Gasteiger partial charge in [0.2, 0.25) is 0 Å². The van der Waals surface area contributed by atoms with Crippen LogP contribution >= 0.6 is 0 Å². The summed E-state index contributed by atoms with van der Waals surface area (Å²) in [5, 5.41) is 0. The lowest BCUT2D eigenvalue weighted by Crippen LogP contribution is -2.17. The predicted molar refractivity (Wildman–Crippen MR) is 66.9 cm³/mol. The highest BCUT2D eigenvalue weighted by atomic mass is 32.2. The van der Waals surface area contributed by atoms with Crippen molar-refractivity contribution in [2.45, 2.75) is 19.8 Å². The Morgan fingerprint density at radius 3 is 2.65 bits per heavy atom. The van der Waals surface area contributed by atoms with Gasteiger partial charge in [-0.25, -0.2) is 8.42 Å². The summed E-state index contributed by atoms with van der Waals surface area (Å²) in [5.74, 6) is -0.182. The Labute approximate surface area is 102 Å². The second-order valence-electron chi connectivity index (χ2n) is 4.47. The molecule has 1 aromatic carbocycles. The van der Waals surface area contributed by atoms with Gasteiger partial charge in [0, 0.05) is 11.5 Å². The molecule has 1 fully saturated rings. The van der Waals surface area contributed by atoms with E-state index in [1.165, 1.54) is 0 Å². The van der Waals surface area contributed by atoms with E-state index in [9.17, 15) is 13.2 Å². The van der Waals surface area contributed by atoms with Crippen LogP contribution < -0.4 is 0 Å². The molecule has 92 valence electrons. The van der Waals surface area contributed by atoms with Gasteiger partial charge in [0.1, 0.15) is 0 Å². The van der Waals surface area contributed by atoms with E-state index in [2.05, 4.69) is 0 Å². The van der Waals surface area contributed by atoms with Crippen LogP contribution in [-0.2, 0) is 16.3 Å². The Kier molecular flexibility index (Phi) is 3.33. The van der Waals surface area contributed by atoms with Gasteiger partial charge >= 0.3 is 0 Å². The smallest absolute Gasteiger partial charge is 0.167 e. The number of hydrogen-bond acceptors (Lipinski definition) is 3. The van der Waals surface area contributed by atoms with Gasteiger partial charge in [0.05, 0.1) is 11.5 Å². The van der Waals surface area contributed by atoms with Gasteiger partial charge in [-0.15, -0.1) is 0 Å². The van der Waals surface area contributed by atoms with Crippen molar-refractivity contribution < 1.29 is 13.2 Å². The first-order valence-electron chi connectivity index (χ1n) is 5.86. The van der Waals surface area contributed by atoms with Crippen LogP contribution in [0.25, 0.3) is 0 Å².